The van der Waals surface area contributed by atoms with Gasteiger partial charge in [-0.1, -0.05) is 71.1 Å². The summed E-state index contributed by atoms with van der Waals surface area (Å²) in [6.45, 7) is 6.30. The van der Waals surface area contributed by atoms with Gasteiger partial charge in [0.2, 0.25) is 0 Å². The lowest BCUT2D eigenvalue weighted by Crippen LogP contribution is -2.56. The Morgan fingerprint density at radius 1 is 0.897 bits per heavy atom. The average Bonchev–Trinajstić information content (AvgIpc) is 2.67. The number of carbonyl (C=O) groups is 1. The molecular formula is C24H51N2O3+. The lowest BCUT2D eigenvalue weighted by molar-refractivity contribution is -0.905. The summed E-state index contributed by atoms with van der Waals surface area (Å²) in [6, 6.07) is -0.158. The zero-order valence-electron chi connectivity index (χ0n) is 19.9. The number of aliphatic hydroxyl groups excluding tert-OH is 2. The second-order valence-electron chi connectivity index (χ2n) is 9.33. The molecule has 0 aliphatic rings. The number of hydrogen-bond acceptors (Lipinski definition) is 4. The summed E-state index contributed by atoms with van der Waals surface area (Å²) in [4.78, 5) is 12.9. The number of likely N-dealkylation sites (N-methyl/N-ethyl adjacent to an activating group) is 1. The van der Waals surface area contributed by atoms with Gasteiger partial charge in [0.1, 0.15) is 0 Å². The van der Waals surface area contributed by atoms with Crippen LogP contribution in [0.5, 0.6) is 0 Å². The fraction of sp³-hybridized carbons (Fsp3) is 0.958. The zero-order valence-corrected chi connectivity index (χ0v) is 19.9. The van der Waals surface area contributed by atoms with Gasteiger partial charge in [-0.25, -0.2) is 0 Å². The van der Waals surface area contributed by atoms with Crippen molar-refractivity contribution in [2.75, 3.05) is 40.3 Å². The Hall–Kier alpha value is -0.490. The Labute approximate surface area is 180 Å². The highest BCUT2D eigenvalue weighted by Crippen LogP contribution is 2.18. The molecule has 5 nitrogen and oxygen atoms in total. The smallest absolute Gasteiger partial charge is 0.190 e. The number of hydrogen-bond donors (Lipinski definition) is 3. The molecule has 0 saturated carbocycles. The van der Waals surface area contributed by atoms with Gasteiger partial charge in [0.25, 0.3) is 0 Å². The summed E-state index contributed by atoms with van der Waals surface area (Å²) >= 11 is 0. The van der Waals surface area contributed by atoms with Crippen molar-refractivity contribution in [2.24, 2.45) is 0 Å². The molecule has 29 heavy (non-hydrogen) atoms. The minimum absolute atomic E-state index is 0.127. The van der Waals surface area contributed by atoms with E-state index in [0.717, 1.165) is 25.9 Å². The number of Topliss-reactive ketones (excluding diaryl/α,β-unsaturated/α-hetero) is 1. The molecule has 0 aromatic rings. The monoisotopic (exact) mass is 415 g/mol. The predicted octanol–water partition coefficient (Wildman–Crippen LogP) is 4.05. The van der Waals surface area contributed by atoms with Gasteiger partial charge in [-0.15, -0.1) is 0 Å². The van der Waals surface area contributed by atoms with Crippen LogP contribution >= 0.6 is 0 Å². The van der Waals surface area contributed by atoms with Gasteiger partial charge in [0.05, 0.1) is 33.4 Å². The molecule has 0 amide bonds. The van der Waals surface area contributed by atoms with Crippen LogP contribution in [0.2, 0.25) is 0 Å². The van der Waals surface area contributed by atoms with Crippen LogP contribution in [0.4, 0.5) is 0 Å². The molecule has 0 saturated heterocycles. The second kappa shape index (κ2) is 18.3. The molecule has 3 N–H and O–H groups in total. The van der Waals surface area contributed by atoms with Gasteiger partial charge in [-0.05, 0) is 13.3 Å². The Morgan fingerprint density at radius 2 is 1.41 bits per heavy atom. The predicted molar refractivity (Wildman–Crippen MR) is 123 cm³/mol. The number of nitrogens with zero attached hydrogens (tertiary/aromatic N) is 1. The summed E-state index contributed by atoms with van der Waals surface area (Å²) in [7, 11) is 4.15. The Morgan fingerprint density at radius 3 is 1.90 bits per heavy atom. The maximum atomic E-state index is 12.9. The van der Waals surface area contributed by atoms with E-state index in [9.17, 15) is 9.90 Å². The van der Waals surface area contributed by atoms with Crippen LogP contribution in [-0.2, 0) is 4.79 Å². The first kappa shape index (κ1) is 28.5. The Balaban J connectivity index is 4.09. The summed E-state index contributed by atoms with van der Waals surface area (Å²) in [5.74, 6) is 0.286. The number of carbonyl (C=O) groups excluding carboxylic acids is 1. The summed E-state index contributed by atoms with van der Waals surface area (Å²) in [5.41, 5.74) is 0. The highest BCUT2D eigenvalue weighted by molar-refractivity contribution is 5.82. The lowest BCUT2D eigenvalue weighted by Gasteiger charge is -2.38. The van der Waals surface area contributed by atoms with E-state index in [1.165, 1.54) is 57.8 Å². The van der Waals surface area contributed by atoms with Gasteiger partial charge < -0.3 is 20.0 Å². The Bertz CT molecular complexity index is 386. The van der Waals surface area contributed by atoms with Crippen LogP contribution in [-0.4, -0.2) is 73.0 Å². The molecule has 174 valence electrons. The molecule has 0 aliphatic heterocycles. The average molecular weight is 416 g/mol. The fourth-order valence-corrected chi connectivity index (χ4v) is 3.99. The first-order valence-corrected chi connectivity index (χ1v) is 12.2. The van der Waals surface area contributed by atoms with Crippen LogP contribution in [0.1, 0.15) is 97.3 Å². The van der Waals surface area contributed by atoms with E-state index in [1.54, 1.807) is 6.92 Å². The number of ketones is 1. The molecule has 0 heterocycles. The molecular weight excluding hydrogens is 364 g/mol. The van der Waals surface area contributed by atoms with E-state index in [1.807, 2.05) is 0 Å². The second-order valence-corrected chi connectivity index (χ2v) is 9.33. The first-order valence-electron chi connectivity index (χ1n) is 12.2. The standard InChI is InChI=1S/C24H51N2O3/c1-5-6-7-8-9-10-11-12-13-14-15-16-24(29)23(21-22(2)28)26(3,4)19-17-25-18-20-27/h22-23,25,27-28H,5-21H2,1-4H3/q+1. The fourth-order valence-electron chi connectivity index (χ4n) is 3.99. The highest BCUT2D eigenvalue weighted by Gasteiger charge is 2.34. The van der Waals surface area contributed by atoms with Gasteiger partial charge in [0.15, 0.2) is 11.8 Å². The number of quaternary nitrogens is 1. The third-order valence-electron chi connectivity index (χ3n) is 5.96. The normalized spacial score (nSPS) is 14.1. The number of unbranched alkanes of at least 4 members (excludes halogenated alkanes) is 10. The third-order valence-corrected chi connectivity index (χ3v) is 5.96. The van der Waals surface area contributed by atoms with Crippen molar-refractivity contribution in [3.8, 4) is 0 Å². The van der Waals surface area contributed by atoms with Crippen molar-refractivity contribution >= 4 is 5.78 Å². The quantitative estimate of drug-likeness (QED) is 0.195. The van der Waals surface area contributed by atoms with Gasteiger partial charge >= 0.3 is 0 Å². The van der Waals surface area contributed by atoms with Crippen molar-refractivity contribution in [2.45, 2.75) is 109 Å². The van der Waals surface area contributed by atoms with Crippen molar-refractivity contribution in [3.63, 3.8) is 0 Å². The molecule has 0 bridgehead atoms. The lowest BCUT2D eigenvalue weighted by atomic mass is 9.97. The SMILES string of the molecule is CCCCCCCCCCCCCC(=O)C(CC(C)O)[N+](C)(C)CCNCCO. The molecule has 0 aromatic heterocycles. The summed E-state index contributed by atoms with van der Waals surface area (Å²) in [6.07, 6.45) is 14.8. The van der Waals surface area contributed by atoms with Crippen molar-refractivity contribution in [3.05, 3.63) is 0 Å². The van der Waals surface area contributed by atoms with Gasteiger partial charge in [-0.2, -0.15) is 0 Å². The summed E-state index contributed by atoms with van der Waals surface area (Å²) < 4.78 is 0.584. The number of rotatable bonds is 21. The van der Waals surface area contributed by atoms with Crippen LogP contribution in [0.25, 0.3) is 0 Å². The van der Waals surface area contributed by atoms with Gasteiger partial charge in [-0.3, -0.25) is 4.79 Å². The molecule has 0 rings (SSSR count). The summed E-state index contributed by atoms with van der Waals surface area (Å²) in [5, 5.41) is 22.0. The van der Waals surface area contributed by atoms with E-state index in [2.05, 4.69) is 26.3 Å². The van der Waals surface area contributed by atoms with Crippen molar-refractivity contribution in [1.29, 1.82) is 0 Å². The minimum Gasteiger partial charge on any atom is -0.395 e. The molecule has 2 unspecified atom stereocenters. The molecule has 0 aliphatic carbocycles. The molecule has 5 heteroatoms. The third kappa shape index (κ3) is 15.9. The molecule has 0 aromatic carbocycles. The molecule has 0 spiro atoms. The van der Waals surface area contributed by atoms with Crippen LogP contribution < -0.4 is 5.32 Å². The molecule has 0 radical (unpaired) electrons. The van der Waals surface area contributed by atoms with Crippen LogP contribution in [0.15, 0.2) is 0 Å². The van der Waals surface area contributed by atoms with Gasteiger partial charge in [0, 0.05) is 25.9 Å². The van der Waals surface area contributed by atoms with Crippen molar-refractivity contribution in [1.82, 2.24) is 5.32 Å². The maximum absolute atomic E-state index is 12.9. The van der Waals surface area contributed by atoms with Crippen LogP contribution in [0, 0.1) is 0 Å². The zero-order chi connectivity index (χ0) is 22.0. The largest absolute Gasteiger partial charge is 0.395 e. The van der Waals surface area contributed by atoms with E-state index >= 15 is 0 Å². The van der Waals surface area contributed by atoms with E-state index < -0.39 is 6.10 Å². The molecule has 0 fully saturated rings. The maximum Gasteiger partial charge on any atom is 0.190 e. The molecule has 2 atom stereocenters. The highest BCUT2D eigenvalue weighted by atomic mass is 16.3. The van der Waals surface area contributed by atoms with Crippen molar-refractivity contribution < 1.29 is 19.5 Å². The van der Waals surface area contributed by atoms with Crippen LogP contribution in [0.3, 0.4) is 0 Å². The Kier molecular flexibility index (Phi) is 18.0. The van der Waals surface area contributed by atoms with E-state index in [-0.39, 0.29) is 18.4 Å². The first-order chi connectivity index (χ1) is 13.8. The van der Waals surface area contributed by atoms with E-state index in [0.29, 0.717) is 23.9 Å². The number of nitrogens with one attached hydrogen (secondary N) is 1. The minimum atomic E-state index is -0.468. The van der Waals surface area contributed by atoms with E-state index in [4.69, 9.17) is 5.11 Å². The number of aliphatic hydroxyl groups is 2. The topological polar surface area (TPSA) is 69.6 Å².